The van der Waals surface area contributed by atoms with Crippen LogP contribution in [0.5, 0.6) is 0 Å². The number of hydrogen-bond acceptors (Lipinski definition) is 2. The Bertz CT molecular complexity index is 2460. The van der Waals surface area contributed by atoms with E-state index in [-0.39, 0.29) is 5.41 Å². The molecule has 0 aliphatic heterocycles. The molecule has 0 saturated heterocycles. The molecular weight excluding hydrogens is 677 g/mol. The molecular formula is C54H54N2. The molecule has 4 aliphatic rings. The summed E-state index contributed by atoms with van der Waals surface area (Å²) in [4.78, 5) is 5.07. The third-order valence-electron chi connectivity index (χ3n) is 13.7. The second-order valence-corrected chi connectivity index (χ2v) is 18.0. The fourth-order valence-electron chi connectivity index (χ4n) is 11.4. The average Bonchev–Trinajstić information content (AvgIpc) is 3.22. The lowest BCUT2D eigenvalue weighted by Crippen LogP contribution is -2.48. The van der Waals surface area contributed by atoms with Crippen LogP contribution in [-0.4, -0.2) is 0 Å². The first-order chi connectivity index (χ1) is 27.3. The highest BCUT2D eigenvalue weighted by Crippen LogP contribution is 2.61. The maximum Gasteiger partial charge on any atom is 0.0620 e. The van der Waals surface area contributed by atoms with Crippen LogP contribution in [0.2, 0.25) is 0 Å². The smallest absolute Gasteiger partial charge is 0.0620 e. The molecule has 0 radical (unpaired) electrons. The van der Waals surface area contributed by atoms with Gasteiger partial charge in [0.15, 0.2) is 0 Å². The van der Waals surface area contributed by atoms with Crippen molar-refractivity contribution in [2.45, 2.75) is 83.5 Å². The highest BCUT2D eigenvalue weighted by molar-refractivity contribution is 6.23. The monoisotopic (exact) mass is 730 g/mol. The van der Waals surface area contributed by atoms with Crippen molar-refractivity contribution in [3.8, 4) is 0 Å². The Morgan fingerprint density at radius 1 is 0.411 bits per heavy atom. The average molecular weight is 731 g/mol. The van der Waals surface area contributed by atoms with Crippen LogP contribution in [0, 0.1) is 17.8 Å². The quantitative estimate of drug-likeness (QED) is 0.108. The Balaban J connectivity index is 1.30. The highest BCUT2D eigenvalue weighted by Gasteiger charge is 2.51. The predicted molar refractivity (Wildman–Crippen MR) is 239 cm³/mol. The van der Waals surface area contributed by atoms with Gasteiger partial charge in [-0.2, -0.15) is 0 Å². The van der Waals surface area contributed by atoms with Crippen molar-refractivity contribution in [2.24, 2.45) is 17.8 Å². The van der Waals surface area contributed by atoms with Crippen molar-refractivity contribution in [3.63, 3.8) is 0 Å². The molecule has 0 aromatic heterocycles. The van der Waals surface area contributed by atoms with Crippen molar-refractivity contribution in [2.75, 3.05) is 9.80 Å². The van der Waals surface area contributed by atoms with Gasteiger partial charge in [0.2, 0.25) is 0 Å². The number of rotatable bonds is 9. The summed E-state index contributed by atoms with van der Waals surface area (Å²) < 4.78 is 0. The predicted octanol–water partition coefficient (Wildman–Crippen LogP) is 15.6. The molecule has 7 aromatic carbocycles. The van der Waals surface area contributed by atoms with Gasteiger partial charge >= 0.3 is 0 Å². The van der Waals surface area contributed by atoms with Crippen LogP contribution in [0.25, 0.3) is 21.5 Å². The van der Waals surface area contributed by atoms with Gasteiger partial charge < -0.3 is 9.80 Å². The molecule has 0 heterocycles. The van der Waals surface area contributed by atoms with Gasteiger partial charge in [0, 0.05) is 44.3 Å². The standard InChI is InChI=1S/C54H54N2/c1-36(2)41-19-24-46(25-20-41)55(44-13-7-5-8-14-44)52-48-17-11-12-18-49(48)53(56(45-15-9-6-10-16-45)47-26-21-42(22-27-47)37(3)4)51-32-43(23-28-50(51)52)54-33-38-29-39(34-54)31-40(30-38)35-54/h5-28,32,36-40H,29-31,33-35H2,1-4H3. The third-order valence-corrected chi connectivity index (χ3v) is 13.7. The number of hydrogen-bond donors (Lipinski definition) is 0. The van der Waals surface area contributed by atoms with E-state index >= 15 is 0 Å². The van der Waals surface area contributed by atoms with E-state index in [1.54, 1.807) is 5.56 Å². The maximum atomic E-state index is 2.66. The minimum atomic E-state index is 0.272. The van der Waals surface area contributed by atoms with Gasteiger partial charge in [-0.05, 0) is 145 Å². The van der Waals surface area contributed by atoms with Crippen molar-refractivity contribution in [1.29, 1.82) is 0 Å². The molecule has 4 aliphatic carbocycles. The summed E-state index contributed by atoms with van der Waals surface area (Å²) in [5.41, 5.74) is 11.7. The molecule has 280 valence electrons. The van der Waals surface area contributed by atoms with Crippen LogP contribution in [0.4, 0.5) is 34.1 Å². The molecule has 0 amide bonds. The Hall–Kier alpha value is -5.34. The number of benzene rings is 7. The molecule has 4 bridgehead atoms. The molecule has 7 aromatic rings. The maximum absolute atomic E-state index is 2.66. The second-order valence-electron chi connectivity index (χ2n) is 18.0. The number of para-hydroxylation sites is 2. The van der Waals surface area contributed by atoms with Gasteiger partial charge in [0.05, 0.1) is 11.4 Å². The first kappa shape index (κ1) is 35.1. The first-order valence-electron chi connectivity index (χ1n) is 21.2. The van der Waals surface area contributed by atoms with Gasteiger partial charge in [-0.1, -0.05) is 125 Å². The summed E-state index contributed by atoms with van der Waals surface area (Å²) in [5.74, 6) is 3.58. The zero-order chi connectivity index (χ0) is 38.0. The van der Waals surface area contributed by atoms with E-state index in [1.165, 1.54) is 105 Å². The zero-order valence-electron chi connectivity index (χ0n) is 33.5. The van der Waals surface area contributed by atoms with E-state index in [9.17, 15) is 0 Å². The molecule has 2 heteroatoms. The van der Waals surface area contributed by atoms with Crippen LogP contribution >= 0.6 is 0 Å². The molecule has 0 unspecified atom stereocenters. The molecule has 0 N–H and O–H groups in total. The van der Waals surface area contributed by atoms with Gasteiger partial charge in [-0.15, -0.1) is 0 Å². The minimum Gasteiger partial charge on any atom is -0.309 e. The summed E-state index contributed by atoms with van der Waals surface area (Å²) in [5, 5.41) is 5.11. The normalized spacial score (nSPS) is 21.4. The molecule has 0 atom stereocenters. The van der Waals surface area contributed by atoms with E-state index < -0.39 is 0 Å². The van der Waals surface area contributed by atoms with E-state index in [2.05, 4.69) is 189 Å². The fraction of sp³-hybridized carbons (Fsp3) is 0.296. The lowest BCUT2D eigenvalue weighted by atomic mass is 9.48. The van der Waals surface area contributed by atoms with E-state index in [4.69, 9.17) is 0 Å². The van der Waals surface area contributed by atoms with Crippen molar-refractivity contribution < 1.29 is 0 Å². The summed E-state index contributed by atoms with van der Waals surface area (Å²) in [7, 11) is 0. The summed E-state index contributed by atoms with van der Waals surface area (Å²) >= 11 is 0. The van der Waals surface area contributed by atoms with Crippen LogP contribution in [-0.2, 0) is 5.41 Å². The third kappa shape index (κ3) is 6.01. The molecule has 4 fully saturated rings. The highest BCUT2D eigenvalue weighted by atomic mass is 15.2. The molecule has 11 rings (SSSR count). The Morgan fingerprint density at radius 3 is 1.21 bits per heavy atom. The minimum absolute atomic E-state index is 0.272. The SMILES string of the molecule is CC(C)c1ccc(N(c2ccccc2)c2c3ccccc3c(N(c3ccccc3)c3ccc(C(C)C)cc3)c3cc(C45CC6CC(CC(C6)C4)C5)ccc23)cc1. The second kappa shape index (κ2) is 14.0. The molecule has 2 nitrogen and oxygen atoms in total. The Labute approximate surface area is 333 Å². The summed E-state index contributed by atoms with van der Waals surface area (Å²) in [6.07, 6.45) is 8.38. The van der Waals surface area contributed by atoms with Gasteiger partial charge in [0.25, 0.3) is 0 Å². The fourth-order valence-corrected chi connectivity index (χ4v) is 11.4. The van der Waals surface area contributed by atoms with Crippen molar-refractivity contribution in [1.82, 2.24) is 0 Å². The van der Waals surface area contributed by atoms with Crippen LogP contribution < -0.4 is 9.80 Å². The number of fused-ring (bicyclic) bond motifs is 2. The Morgan fingerprint density at radius 2 is 0.786 bits per heavy atom. The molecule has 4 saturated carbocycles. The number of anilines is 6. The lowest BCUT2D eigenvalue weighted by Gasteiger charge is -2.57. The largest absolute Gasteiger partial charge is 0.309 e. The summed E-state index contributed by atoms with van der Waals surface area (Å²) in [6, 6.07) is 57.6. The van der Waals surface area contributed by atoms with E-state index in [0.717, 1.165) is 17.8 Å². The van der Waals surface area contributed by atoms with Crippen LogP contribution in [0.15, 0.2) is 152 Å². The van der Waals surface area contributed by atoms with Gasteiger partial charge in [0.1, 0.15) is 0 Å². The zero-order valence-corrected chi connectivity index (χ0v) is 33.5. The first-order valence-corrected chi connectivity index (χ1v) is 21.2. The van der Waals surface area contributed by atoms with Crippen molar-refractivity contribution >= 4 is 55.7 Å². The van der Waals surface area contributed by atoms with Crippen molar-refractivity contribution in [3.05, 3.63) is 168 Å². The van der Waals surface area contributed by atoms with Gasteiger partial charge in [-0.25, -0.2) is 0 Å². The Kier molecular flexibility index (Phi) is 8.77. The summed E-state index contributed by atoms with van der Waals surface area (Å²) in [6.45, 7) is 9.12. The van der Waals surface area contributed by atoms with Gasteiger partial charge in [-0.3, -0.25) is 0 Å². The van der Waals surface area contributed by atoms with E-state index in [1.807, 2.05) is 0 Å². The van der Waals surface area contributed by atoms with E-state index in [0.29, 0.717) is 11.8 Å². The lowest BCUT2D eigenvalue weighted by molar-refractivity contribution is -0.00512. The topological polar surface area (TPSA) is 6.48 Å². The van der Waals surface area contributed by atoms with Crippen LogP contribution in [0.3, 0.4) is 0 Å². The molecule has 56 heavy (non-hydrogen) atoms. The number of nitrogens with zero attached hydrogens (tertiary/aromatic N) is 2. The van der Waals surface area contributed by atoms with Crippen LogP contribution in [0.1, 0.15) is 94.7 Å². The molecule has 0 spiro atoms.